The van der Waals surface area contributed by atoms with Gasteiger partial charge in [-0.05, 0) is 39.2 Å². The van der Waals surface area contributed by atoms with Crippen LogP contribution in [0.2, 0.25) is 0 Å². The Bertz CT molecular complexity index is 412. The van der Waals surface area contributed by atoms with E-state index in [-0.39, 0.29) is 11.9 Å². The van der Waals surface area contributed by atoms with Crippen LogP contribution in [0.15, 0.2) is 0 Å². The van der Waals surface area contributed by atoms with Crippen LogP contribution < -0.4 is 16.4 Å². The zero-order chi connectivity index (χ0) is 16.3. The van der Waals surface area contributed by atoms with Crippen LogP contribution in [-0.2, 0) is 9.59 Å². The Morgan fingerprint density at radius 3 is 2.59 bits per heavy atom. The molecule has 2 heterocycles. The quantitative estimate of drug-likeness (QED) is 0.381. The molecule has 2 saturated heterocycles. The topological polar surface area (TPSA) is 128 Å². The van der Waals surface area contributed by atoms with E-state index in [1.165, 1.54) is 6.92 Å². The van der Waals surface area contributed by atoms with Crippen LogP contribution in [-0.4, -0.2) is 70.5 Å². The fourth-order valence-corrected chi connectivity index (χ4v) is 3.26. The fourth-order valence-electron chi connectivity index (χ4n) is 3.26. The van der Waals surface area contributed by atoms with Crippen molar-refractivity contribution in [2.75, 3.05) is 13.1 Å². The molecule has 0 aliphatic carbocycles. The van der Waals surface area contributed by atoms with Gasteiger partial charge in [0.1, 0.15) is 12.3 Å². The Kier molecular flexibility index (Phi) is 5.74. The van der Waals surface area contributed by atoms with Gasteiger partial charge in [0.05, 0.1) is 12.1 Å². The smallest absolute Gasteiger partial charge is 0.242 e. The molecule has 0 bridgehead atoms. The molecular weight excluding hydrogens is 288 g/mol. The van der Waals surface area contributed by atoms with Crippen molar-refractivity contribution in [2.45, 2.75) is 63.1 Å². The van der Waals surface area contributed by atoms with Crippen LogP contribution in [0.25, 0.3) is 0 Å². The summed E-state index contributed by atoms with van der Waals surface area (Å²) in [4.78, 5) is 25.4. The molecular formula is C14H26N4O4. The number of amides is 2. The molecule has 6 N–H and O–H groups in total. The molecule has 5 atom stereocenters. The Morgan fingerprint density at radius 1 is 1.32 bits per heavy atom. The van der Waals surface area contributed by atoms with Crippen molar-refractivity contribution in [3.05, 3.63) is 0 Å². The SMILES string of the molecule is CC(O)C(NC(=O)C1CCCN1C(O)[C@@H]1CCCN1)C(N)=O. The first kappa shape index (κ1) is 17.1. The number of hydrogen-bond acceptors (Lipinski definition) is 6. The van der Waals surface area contributed by atoms with E-state index in [1.807, 2.05) is 0 Å². The third-order valence-electron chi connectivity index (χ3n) is 4.48. The van der Waals surface area contributed by atoms with Crippen molar-refractivity contribution >= 4 is 11.8 Å². The van der Waals surface area contributed by atoms with Crippen LogP contribution in [0.1, 0.15) is 32.6 Å². The standard InChI is InChI=1S/C14H26N4O4/c1-8(19)11(12(15)20)17-13(21)10-5-3-7-18(10)14(22)9-4-2-6-16-9/h8-11,14,16,19,22H,2-7H2,1H3,(H2,15,20)(H,17,21)/t8?,9-,10?,11?,14?/m0/s1. The first-order valence-corrected chi connectivity index (χ1v) is 7.86. The Labute approximate surface area is 130 Å². The molecule has 0 radical (unpaired) electrons. The summed E-state index contributed by atoms with van der Waals surface area (Å²) < 4.78 is 0. The summed E-state index contributed by atoms with van der Waals surface area (Å²) in [6.45, 7) is 2.91. The van der Waals surface area contributed by atoms with E-state index in [2.05, 4.69) is 10.6 Å². The molecule has 0 aromatic heterocycles. The predicted octanol–water partition coefficient (Wildman–Crippen LogP) is -2.13. The number of aliphatic hydroxyl groups excluding tert-OH is 2. The zero-order valence-corrected chi connectivity index (χ0v) is 12.9. The van der Waals surface area contributed by atoms with Crippen LogP contribution in [0, 0.1) is 0 Å². The highest BCUT2D eigenvalue weighted by Crippen LogP contribution is 2.23. The summed E-state index contributed by atoms with van der Waals surface area (Å²) in [6, 6.07) is -1.65. The van der Waals surface area contributed by atoms with Crippen molar-refractivity contribution in [2.24, 2.45) is 5.73 Å². The maximum absolute atomic E-state index is 12.4. The molecule has 22 heavy (non-hydrogen) atoms. The van der Waals surface area contributed by atoms with Crippen LogP contribution >= 0.6 is 0 Å². The molecule has 0 aromatic rings. The first-order chi connectivity index (χ1) is 10.4. The number of rotatable bonds is 6. The molecule has 2 amide bonds. The van der Waals surface area contributed by atoms with Crippen LogP contribution in [0.3, 0.4) is 0 Å². The van der Waals surface area contributed by atoms with Crippen molar-refractivity contribution in [1.82, 2.24) is 15.5 Å². The number of likely N-dealkylation sites (tertiary alicyclic amines) is 1. The molecule has 0 saturated carbocycles. The van der Waals surface area contributed by atoms with Crippen molar-refractivity contribution < 1.29 is 19.8 Å². The Balaban J connectivity index is 1.99. The molecule has 2 fully saturated rings. The normalized spacial score (nSPS) is 30.0. The first-order valence-electron chi connectivity index (χ1n) is 7.86. The second-order valence-corrected chi connectivity index (χ2v) is 6.14. The maximum atomic E-state index is 12.4. The summed E-state index contributed by atoms with van der Waals surface area (Å²) >= 11 is 0. The lowest BCUT2D eigenvalue weighted by atomic mass is 10.1. The van der Waals surface area contributed by atoms with Gasteiger partial charge in [-0.3, -0.25) is 14.5 Å². The average Bonchev–Trinajstić information content (AvgIpc) is 3.13. The van der Waals surface area contributed by atoms with Gasteiger partial charge in [0.25, 0.3) is 0 Å². The van der Waals surface area contributed by atoms with Crippen LogP contribution in [0.5, 0.6) is 0 Å². The fraction of sp³-hybridized carbons (Fsp3) is 0.857. The predicted molar refractivity (Wildman–Crippen MR) is 79.6 cm³/mol. The van der Waals surface area contributed by atoms with E-state index in [9.17, 15) is 19.8 Å². The van der Waals surface area contributed by atoms with Gasteiger partial charge < -0.3 is 26.6 Å². The molecule has 2 aliphatic rings. The average molecular weight is 314 g/mol. The molecule has 8 nitrogen and oxygen atoms in total. The van der Waals surface area contributed by atoms with Gasteiger partial charge in [-0.2, -0.15) is 0 Å². The molecule has 2 rings (SSSR count). The van der Waals surface area contributed by atoms with E-state index < -0.39 is 30.3 Å². The molecule has 0 aromatic carbocycles. The third-order valence-corrected chi connectivity index (χ3v) is 4.48. The summed E-state index contributed by atoms with van der Waals surface area (Å²) in [6.07, 6.45) is 1.53. The number of primary amides is 1. The lowest BCUT2D eigenvalue weighted by molar-refractivity contribution is -0.135. The monoisotopic (exact) mass is 314 g/mol. The molecule has 0 spiro atoms. The number of nitrogens with two attached hydrogens (primary N) is 1. The number of carbonyl (C=O) groups excluding carboxylic acids is 2. The minimum atomic E-state index is -1.11. The van der Waals surface area contributed by atoms with E-state index in [0.29, 0.717) is 13.0 Å². The van der Waals surface area contributed by atoms with Crippen LogP contribution in [0.4, 0.5) is 0 Å². The van der Waals surface area contributed by atoms with E-state index in [4.69, 9.17) is 5.73 Å². The van der Waals surface area contributed by atoms with Gasteiger partial charge in [0.15, 0.2) is 0 Å². The van der Waals surface area contributed by atoms with Crippen molar-refractivity contribution in [3.63, 3.8) is 0 Å². The van der Waals surface area contributed by atoms with Gasteiger partial charge in [0.2, 0.25) is 11.8 Å². The largest absolute Gasteiger partial charge is 0.391 e. The highest BCUT2D eigenvalue weighted by atomic mass is 16.3. The van der Waals surface area contributed by atoms with Gasteiger partial charge in [0, 0.05) is 12.6 Å². The lowest BCUT2D eigenvalue weighted by Crippen LogP contribution is -2.58. The Morgan fingerprint density at radius 2 is 2.05 bits per heavy atom. The summed E-state index contributed by atoms with van der Waals surface area (Å²) in [7, 11) is 0. The van der Waals surface area contributed by atoms with Crippen molar-refractivity contribution in [3.8, 4) is 0 Å². The molecule has 8 heteroatoms. The van der Waals surface area contributed by atoms with E-state index in [0.717, 1.165) is 25.8 Å². The van der Waals surface area contributed by atoms with E-state index in [1.54, 1.807) is 4.90 Å². The number of carbonyl (C=O) groups is 2. The zero-order valence-electron chi connectivity index (χ0n) is 12.9. The Hall–Kier alpha value is -1.22. The number of aliphatic hydroxyl groups is 2. The van der Waals surface area contributed by atoms with Gasteiger partial charge in [-0.25, -0.2) is 0 Å². The molecule has 2 aliphatic heterocycles. The lowest BCUT2D eigenvalue weighted by Gasteiger charge is -2.33. The third kappa shape index (κ3) is 3.75. The second-order valence-electron chi connectivity index (χ2n) is 6.14. The van der Waals surface area contributed by atoms with Gasteiger partial charge in [-0.1, -0.05) is 0 Å². The minimum absolute atomic E-state index is 0.0305. The van der Waals surface area contributed by atoms with Gasteiger partial charge >= 0.3 is 0 Å². The van der Waals surface area contributed by atoms with Crippen molar-refractivity contribution in [1.29, 1.82) is 0 Å². The number of nitrogens with one attached hydrogen (secondary N) is 2. The number of nitrogens with zero attached hydrogens (tertiary/aromatic N) is 1. The molecule has 126 valence electrons. The molecule has 4 unspecified atom stereocenters. The summed E-state index contributed by atoms with van der Waals surface area (Å²) in [5.74, 6) is -1.15. The summed E-state index contributed by atoms with van der Waals surface area (Å²) in [5, 5.41) is 25.7. The van der Waals surface area contributed by atoms with E-state index >= 15 is 0 Å². The second kappa shape index (κ2) is 7.36. The number of hydrogen-bond donors (Lipinski definition) is 5. The highest BCUT2D eigenvalue weighted by molar-refractivity contribution is 5.89. The minimum Gasteiger partial charge on any atom is -0.391 e. The van der Waals surface area contributed by atoms with Gasteiger partial charge in [-0.15, -0.1) is 0 Å². The highest BCUT2D eigenvalue weighted by Gasteiger charge is 2.39. The maximum Gasteiger partial charge on any atom is 0.242 e. The summed E-state index contributed by atoms with van der Waals surface area (Å²) in [5.41, 5.74) is 5.19.